The molecule has 1 N–H and O–H groups in total. The largest absolute Gasteiger partial charge is 0.497 e. The molecule has 0 unspecified atom stereocenters. The van der Waals surface area contributed by atoms with E-state index in [1.807, 2.05) is 50.2 Å². The van der Waals surface area contributed by atoms with E-state index in [4.69, 9.17) is 9.72 Å². The van der Waals surface area contributed by atoms with Crippen LogP contribution in [0.4, 0.5) is 5.95 Å². The quantitative estimate of drug-likeness (QED) is 0.641. The number of pyridine rings is 1. The number of carbonyl (C=O) groups excluding carboxylic acids is 1. The first-order valence-corrected chi connectivity index (χ1v) is 11.0. The van der Waals surface area contributed by atoms with Gasteiger partial charge in [0.15, 0.2) is 0 Å². The van der Waals surface area contributed by atoms with E-state index in [1.54, 1.807) is 13.3 Å². The maximum Gasteiger partial charge on any atom is 0.225 e. The Morgan fingerprint density at radius 1 is 1.06 bits per heavy atom. The van der Waals surface area contributed by atoms with Gasteiger partial charge in [-0.25, -0.2) is 9.97 Å². The molecule has 2 aromatic heterocycles. The van der Waals surface area contributed by atoms with Crippen molar-refractivity contribution in [2.24, 2.45) is 5.92 Å². The summed E-state index contributed by atoms with van der Waals surface area (Å²) in [6.45, 7) is 6.03. The SMILES string of the molecule is COc1ccc(CNC(=O)C2CCN(c3nccc(-c4ccc(C)nc4C)n3)CC2)cc1. The Kier molecular flexibility index (Phi) is 6.63. The Bertz CT molecular complexity index is 1080. The second-order valence-corrected chi connectivity index (χ2v) is 8.15. The zero-order valence-electron chi connectivity index (χ0n) is 18.8. The number of hydrogen-bond donors (Lipinski definition) is 1. The number of aryl methyl sites for hydroxylation is 2. The predicted molar refractivity (Wildman–Crippen MR) is 125 cm³/mol. The van der Waals surface area contributed by atoms with Crippen LogP contribution in [0.5, 0.6) is 5.75 Å². The number of carbonyl (C=O) groups is 1. The van der Waals surface area contributed by atoms with E-state index < -0.39 is 0 Å². The molecule has 32 heavy (non-hydrogen) atoms. The Morgan fingerprint density at radius 3 is 2.50 bits per heavy atom. The summed E-state index contributed by atoms with van der Waals surface area (Å²) in [5.41, 5.74) is 4.91. The van der Waals surface area contributed by atoms with Crippen LogP contribution in [-0.2, 0) is 11.3 Å². The minimum Gasteiger partial charge on any atom is -0.497 e. The van der Waals surface area contributed by atoms with Crippen molar-refractivity contribution in [3.8, 4) is 17.0 Å². The molecule has 0 saturated carbocycles. The molecule has 1 saturated heterocycles. The fourth-order valence-electron chi connectivity index (χ4n) is 4.03. The standard InChI is InChI=1S/C25H29N5O2/c1-17-4-9-22(18(2)28-17)23-10-13-26-25(29-23)30-14-11-20(12-15-30)24(31)27-16-19-5-7-21(32-3)8-6-19/h4-10,13,20H,11-12,14-16H2,1-3H3,(H,27,31). The van der Waals surface area contributed by atoms with E-state index in [2.05, 4.69) is 26.3 Å². The average Bonchev–Trinajstić information content (AvgIpc) is 2.83. The van der Waals surface area contributed by atoms with Gasteiger partial charge >= 0.3 is 0 Å². The zero-order valence-corrected chi connectivity index (χ0v) is 18.8. The number of piperidine rings is 1. The Morgan fingerprint density at radius 2 is 1.81 bits per heavy atom. The van der Waals surface area contributed by atoms with Crippen LogP contribution in [0.25, 0.3) is 11.3 Å². The van der Waals surface area contributed by atoms with E-state index >= 15 is 0 Å². The number of ether oxygens (including phenoxy) is 1. The van der Waals surface area contributed by atoms with Crippen molar-refractivity contribution in [3.63, 3.8) is 0 Å². The lowest BCUT2D eigenvalue weighted by Gasteiger charge is -2.31. The van der Waals surface area contributed by atoms with Crippen LogP contribution in [0.15, 0.2) is 48.7 Å². The van der Waals surface area contributed by atoms with Gasteiger partial charge < -0.3 is 15.0 Å². The number of benzene rings is 1. The summed E-state index contributed by atoms with van der Waals surface area (Å²) >= 11 is 0. The van der Waals surface area contributed by atoms with Gasteiger partial charge in [0.05, 0.1) is 12.8 Å². The van der Waals surface area contributed by atoms with Gasteiger partial charge in [-0.05, 0) is 62.6 Å². The van der Waals surface area contributed by atoms with Crippen molar-refractivity contribution in [1.82, 2.24) is 20.3 Å². The number of anilines is 1. The lowest BCUT2D eigenvalue weighted by atomic mass is 9.96. The van der Waals surface area contributed by atoms with Gasteiger partial charge in [-0.2, -0.15) is 0 Å². The third-order valence-electron chi connectivity index (χ3n) is 5.92. The minimum absolute atomic E-state index is 0.0104. The van der Waals surface area contributed by atoms with E-state index in [0.29, 0.717) is 12.5 Å². The van der Waals surface area contributed by atoms with Crippen molar-refractivity contribution in [2.45, 2.75) is 33.2 Å². The van der Waals surface area contributed by atoms with Crippen molar-refractivity contribution in [3.05, 3.63) is 65.6 Å². The number of rotatable bonds is 6. The third-order valence-corrected chi connectivity index (χ3v) is 5.92. The average molecular weight is 432 g/mol. The van der Waals surface area contributed by atoms with E-state index in [-0.39, 0.29) is 11.8 Å². The number of hydrogen-bond acceptors (Lipinski definition) is 6. The molecule has 7 nitrogen and oxygen atoms in total. The predicted octanol–water partition coefficient (Wildman–Crippen LogP) is 3.70. The van der Waals surface area contributed by atoms with Crippen LogP contribution >= 0.6 is 0 Å². The highest BCUT2D eigenvalue weighted by molar-refractivity contribution is 5.79. The van der Waals surface area contributed by atoms with Crippen molar-refractivity contribution >= 4 is 11.9 Å². The van der Waals surface area contributed by atoms with E-state index in [9.17, 15) is 4.79 Å². The monoisotopic (exact) mass is 431 g/mol. The summed E-state index contributed by atoms with van der Waals surface area (Å²) in [4.78, 5) is 28.6. The van der Waals surface area contributed by atoms with Crippen LogP contribution < -0.4 is 15.0 Å². The van der Waals surface area contributed by atoms with Gasteiger partial charge in [-0.1, -0.05) is 12.1 Å². The summed E-state index contributed by atoms with van der Waals surface area (Å²) in [6.07, 6.45) is 3.37. The lowest BCUT2D eigenvalue weighted by molar-refractivity contribution is -0.125. The molecule has 4 rings (SSSR count). The summed E-state index contributed by atoms with van der Waals surface area (Å²) in [6, 6.07) is 13.7. The number of aromatic nitrogens is 3. The highest BCUT2D eigenvalue weighted by atomic mass is 16.5. The molecule has 0 bridgehead atoms. The van der Waals surface area contributed by atoms with Gasteiger partial charge in [0.1, 0.15) is 5.75 Å². The lowest BCUT2D eigenvalue weighted by Crippen LogP contribution is -2.41. The first-order chi connectivity index (χ1) is 15.5. The van der Waals surface area contributed by atoms with Crippen LogP contribution in [0.1, 0.15) is 29.8 Å². The highest BCUT2D eigenvalue weighted by Crippen LogP contribution is 2.25. The first kappa shape index (κ1) is 21.7. The van der Waals surface area contributed by atoms with E-state index in [0.717, 1.165) is 59.9 Å². The second-order valence-electron chi connectivity index (χ2n) is 8.15. The molecule has 3 heterocycles. The van der Waals surface area contributed by atoms with Crippen molar-refractivity contribution in [1.29, 1.82) is 0 Å². The molecular formula is C25H29N5O2. The second kappa shape index (κ2) is 9.77. The fraction of sp³-hybridized carbons (Fsp3) is 0.360. The molecule has 0 atom stereocenters. The van der Waals surface area contributed by atoms with Crippen LogP contribution in [-0.4, -0.2) is 41.1 Å². The Balaban J connectivity index is 1.33. The topological polar surface area (TPSA) is 80.2 Å². The molecule has 1 amide bonds. The number of methoxy groups -OCH3 is 1. The minimum atomic E-state index is 0.0104. The van der Waals surface area contributed by atoms with Gasteiger partial charge in [-0.3, -0.25) is 9.78 Å². The normalized spacial score (nSPS) is 14.3. The molecule has 1 aliphatic heterocycles. The molecular weight excluding hydrogens is 402 g/mol. The maximum atomic E-state index is 12.6. The zero-order chi connectivity index (χ0) is 22.5. The fourth-order valence-corrected chi connectivity index (χ4v) is 4.03. The number of nitrogens with one attached hydrogen (secondary N) is 1. The van der Waals surface area contributed by atoms with E-state index in [1.165, 1.54) is 0 Å². The molecule has 1 aromatic carbocycles. The maximum absolute atomic E-state index is 12.6. The van der Waals surface area contributed by atoms with Gasteiger partial charge in [0, 0.05) is 48.7 Å². The summed E-state index contributed by atoms with van der Waals surface area (Å²) in [5, 5.41) is 3.07. The summed E-state index contributed by atoms with van der Waals surface area (Å²) in [7, 11) is 1.64. The Labute approximate surface area is 188 Å². The summed E-state index contributed by atoms with van der Waals surface area (Å²) in [5.74, 6) is 1.64. The van der Waals surface area contributed by atoms with Crippen LogP contribution in [0, 0.1) is 19.8 Å². The first-order valence-electron chi connectivity index (χ1n) is 11.0. The Hall–Kier alpha value is -3.48. The van der Waals surface area contributed by atoms with Crippen LogP contribution in [0.2, 0.25) is 0 Å². The molecule has 0 spiro atoms. The van der Waals surface area contributed by atoms with Gasteiger partial charge in [-0.15, -0.1) is 0 Å². The molecule has 166 valence electrons. The molecule has 7 heteroatoms. The number of amides is 1. The van der Waals surface area contributed by atoms with Crippen molar-refractivity contribution < 1.29 is 9.53 Å². The van der Waals surface area contributed by atoms with Gasteiger partial charge in [0.25, 0.3) is 0 Å². The highest BCUT2D eigenvalue weighted by Gasteiger charge is 2.26. The van der Waals surface area contributed by atoms with Crippen molar-refractivity contribution in [2.75, 3.05) is 25.1 Å². The number of nitrogens with zero attached hydrogens (tertiary/aromatic N) is 4. The smallest absolute Gasteiger partial charge is 0.225 e. The molecule has 0 radical (unpaired) electrons. The molecule has 0 aliphatic carbocycles. The van der Waals surface area contributed by atoms with Crippen LogP contribution in [0.3, 0.4) is 0 Å². The molecule has 1 aliphatic rings. The third kappa shape index (κ3) is 5.04. The summed E-state index contributed by atoms with van der Waals surface area (Å²) < 4.78 is 5.17. The van der Waals surface area contributed by atoms with Gasteiger partial charge in [0.2, 0.25) is 11.9 Å². The molecule has 1 fully saturated rings. The molecule has 3 aromatic rings.